The molecular formula is C22H20FN3O4. The van der Waals surface area contributed by atoms with Gasteiger partial charge in [-0.15, -0.1) is 10.2 Å². The second-order valence-electron chi connectivity index (χ2n) is 7.06. The maximum Gasteiger partial charge on any atom is 0.338 e. The maximum atomic E-state index is 13.1. The number of ether oxygens (including phenoxy) is 1. The van der Waals surface area contributed by atoms with Gasteiger partial charge in [0.25, 0.3) is 5.91 Å². The SMILES string of the molecule is COC(=O)c1ccccc1C(=O)N1CCC(c2nnc(-c3ccc(F)cc3)o2)CC1. The number of likely N-dealkylation sites (tertiary alicyclic amines) is 1. The van der Waals surface area contributed by atoms with Gasteiger partial charge in [0.15, 0.2) is 0 Å². The molecule has 1 aromatic heterocycles. The van der Waals surface area contributed by atoms with E-state index in [1.165, 1.54) is 19.2 Å². The summed E-state index contributed by atoms with van der Waals surface area (Å²) in [6, 6.07) is 12.5. The highest BCUT2D eigenvalue weighted by atomic mass is 19.1. The van der Waals surface area contributed by atoms with Gasteiger partial charge in [-0.2, -0.15) is 0 Å². The summed E-state index contributed by atoms with van der Waals surface area (Å²) in [5.41, 5.74) is 1.24. The van der Waals surface area contributed by atoms with Gasteiger partial charge < -0.3 is 14.1 Å². The summed E-state index contributed by atoms with van der Waals surface area (Å²) in [5.74, 6) is -0.178. The Labute approximate surface area is 172 Å². The smallest absolute Gasteiger partial charge is 0.338 e. The lowest BCUT2D eigenvalue weighted by atomic mass is 9.95. The summed E-state index contributed by atoms with van der Waals surface area (Å²) < 4.78 is 23.6. The van der Waals surface area contributed by atoms with E-state index in [0.717, 1.165) is 0 Å². The molecule has 0 N–H and O–H groups in total. The molecule has 0 aliphatic carbocycles. The minimum absolute atomic E-state index is 0.0339. The van der Waals surface area contributed by atoms with Crippen LogP contribution >= 0.6 is 0 Å². The van der Waals surface area contributed by atoms with Crippen LogP contribution in [0, 0.1) is 5.82 Å². The molecule has 2 heterocycles. The number of carbonyl (C=O) groups is 2. The van der Waals surface area contributed by atoms with E-state index in [2.05, 4.69) is 10.2 Å². The summed E-state index contributed by atoms with van der Waals surface area (Å²) in [5, 5.41) is 8.20. The Hall–Kier alpha value is -3.55. The molecule has 1 amide bonds. The average Bonchev–Trinajstić information content (AvgIpc) is 3.29. The maximum absolute atomic E-state index is 13.1. The zero-order valence-electron chi connectivity index (χ0n) is 16.4. The molecule has 30 heavy (non-hydrogen) atoms. The number of rotatable bonds is 4. The van der Waals surface area contributed by atoms with Crippen molar-refractivity contribution >= 4 is 11.9 Å². The van der Waals surface area contributed by atoms with E-state index >= 15 is 0 Å². The summed E-state index contributed by atoms with van der Waals surface area (Å²) in [7, 11) is 1.29. The molecule has 0 spiro atoms. The Morgan fingerprint density at radius 1 is 1.03 bits per heavy atom. The number of aromatic nitrogens is 2. The monoisotopic (exact) mass is 409 g/mol. The number of nitrogens with zero attached hydrogens (tertiary/aromatic N) is 3. The number of esters is 1. The van der Waals surface area contributed by atoms with Gasteiger partial charge in [0.2, 0.25) is 11.8 Å². The van der Waals surface area contributed by atoms with E-state index in [-0.39, 0.29) is 23.2 Å². The van der Waals surface area contributed by atoms with Crippen molar-refractivity contribution in [3.63, 3.8) is 0 Å². The first-order chi connectivity index (χ1) is 14.6. The first-order valence-corrected chi connectivity index (χ1v) is 9.63. The quantitative estimate of drug-likeness (QED) is 0.611. The molecule has 1 fully saturated rings. The predicted octanol–water partition coefficient (Wildman–Crippen LogP) is 3.68. The van der Waals surface area contributed by atoms with Gasteiger partial charge in [0.05, 0.1) is 18.2 Å². The van der Waals surface area contributed by atoms with Gasteiger partial charge in [0.1, 0.15) is 5.82 Å². The summed E-state index contributed by atoms with van der Waals surface area (Å²) >= 11 is 0. The lowest BCUT2D eigenvalue weighted by Gasteiger charge is -2.30. The molecule has 1 saturated heterocycles. The first-order valence-electron chi connectivity index (χ1n) is 9.63. The molecule has 0 atom stereocenters. The second-order valence-corrected chi connectivity index (χ2v) is 7.06. The third-order valence-corrected chi connectivity index (χ3v) is 5.23. The van der Waals surface area contributed by atoms with Gasteiger partial charge in [-0.25, -0.2) is 9.18 Å². The summed E-state index contributed by atoms with van der Waals surface area (Å²) in [6.07, 6.45) is 1.33. The third-order valence-electron chi connectivity index (χ3n) is 5.23. The highest BCUT2D eigenvalue weighted by Crippen LogP contribution is 2.30. The Bertz CT molecular complexity index is 1060. The topological polar surface area (TPSA) is 85.5 Å². The van der Waals surface area contributed by atoms with Crippen LogP contribution in [0.5, 0.6) is 0 Å². The molecule has 0 radical (unpaired) electrons. The number of benzene rings is 2. The highest BCUT2D eigenvalue weighted by Gasteiger charge is 2.29. The zero-order chi connectivity index (χ0) is 21.1. The van der Waals surface area contributed by atoms with Crippen LogP contribution < -0.4 is 0 Å². The van der Waals surface area contributed by atoms with Crippen LogP contribution in [0.2, 0.25) is 0 Å². The van der Waals surface area contributed by atoms with Gasteiger partial charge in [-0.3, -0.25) is 4.79 Å². The number of hydrogen-bond donors (Lipinski definition) is 0. The third kappa shape index (κ3) is 3.94. The number of methoxy groups -OCH3 is 1. The second kappa shape index (κ2) is 8.44. The van der Waals surface area contributed by atoms with E-state index in [0.29, 0.717) is 48.8 Å². The number of carbonyl (C=O) groups excluding carboxylic acids is 2. The minimum Gasteiger partial charge on any atom is -0.465 e. The summed E-state index contributed by atoms with van der Waals surface area (Å²) in [6.45, 7) is 1.01. The van der Waals surface area contributed by atoms with Crippen molar-refractivity contribution < 1.29 is 23.1 Å². The van der Waals surface area contributed by atoms with Crippen molar-refractivity contribution in [2.24, 2.45) is 0 Å². The van der Waals surface area contributed by atoms with E-state index in [1.54, 1.807) is 41.3 Å². The van der Waals surface area contributed by atoms with Crippen LogP contribution in [0.3, 0.4) is 0 Å². The van der Waals surface area contributed by atoms with E-state index in [4.69, 9.17) is 9.15 Å². The highest BCUT2D eigenvalue weighted by molar-refractivity contribution is 6.05. The molecule has 3 aromatic rings. The number of amides is 1. The molecule has 0 unspecified atom stereocenters. The fourth-order valence-electron chi connectivity index (χ4n) is 3.57. The van der Waals surface area contributed by atoms with Crippen LogP contribution in [-0.2, 0) is 4.74 Å². The van der Waals surface area contributed by atoms with Crippen LogP contribution in [-0.4, -0.2) is 47.2 Å². The van der Waals surface area contributed by atoms with Crippen LogP contribution in [0.1, 0.15) is 45.4 Å². The van der Waals surface area contributed by atoms with Crippen molar-refractivity contribution in [2.75, 3.05) is 20.2 Å². The van der Waals surface area contributed by atoms with Crippen molar-refractivity contribution in [1.82, 2.24) is 15.1 Å². The lowest BCUT2D eigenvalue weighted by Crippen LogP contribution is -2.38. The summed E-state index contributed by atoms with van der Waals surface area (Å²) in [4.78, 5) is 26.6. The molecule has 0 saturated carbocycles. The molecule has 0 bridgehead atoms. The molecule has 1 aliphatic heterocycles. The largest absolute Gasteiger partial charge is 0.465 e. The molecule has 8 heteroatoms. The van der Waals surface area contributed by atoms with Gasteiger partial charge in [0, 0.05) is 24.6 Å². The molecule has 4 rings (SSSR count). The standard InChI is InChI=1S/C22H20FN3O4/c1-29-22(28)18-5-3-2-4-17(18)21(27)26-12-10-15(11-13-26)20-25-24-19(30-20)14-6-8-16(23)9-7-14/h2-9,15H,10-13H2,1H3. The van der Waals surface area contributed by atoms with E-state index in [1.807, 2.05) is 0 Å². The molecule has 2 aromatic carbocycles. The average molecular weight is 409 g/mol. The Morgan fingerprint density at radius 3 is 2.37 bits per heavy atom. The Kier molecular flexibility index (Phi) is 5.56. The van der Waals surface area contributed by atoms with Crippen molar-refractivity contribution in [2.45, 2.75) is 18.8 Å². The minimum atomic E-state index is -0.534. The van der Waals surface area contributed by atoms with Crippen molar-refractivity contribution in [1.29, 1.82) is 0 Å². The molecular weight excluding hydrogens is 389 g/mol. The number of halogens is 1. The fourth-order valence-corrected chi connectivity index (χ4v) is 3.57. The Morgan fingerprint density at radius 2 is 1.70 bits per heavy atom. The van der Waals surface area contributed by atoms with Gasteiger partial charge >= 0.3 is 5.97 Å². The predicted molar refractivity (Wildman–Crippen MR) is 105 cm³/mol. The normalized spacial score (nSPS) is 14.5. The van der Waals surface area contributed by atoms with Gasteiger partial charge in [-0.1, -0.05) is 12.1 Å². The number of piperidine rings is 1. The van der Waals surface area contributed by atoms with Crippen LogP contribution in [0.15, 0.2) is 52.9 Å². The molecule has 154 valence electrons. The fraction of sp³-hybridized carbons (Fsp3) is 0.273. The van der Waals surface area contributed by atoms with Crippen LogP contribution in [0.4, 0.5) is 4.39 Å². The number of hydrogen-bond acceptors (Lipinski definition) is 6. The molecule has 7 nitrogen and oxygen atoms in total. The van der Waals surface area contributed by atoms with Crippen LogP contribution in [0.25, 0.3) is 11.5 Å². The van der Waals surface area contributed by atoms with E-state index in [9.17, 15) is 14.0 Å². The lowest BCUT2D eigenvalue weighted by molar-refractivity contribution is 0.0586. The van der Waals surface area contributed by atoms with E-state index < -0.39 is 5.97 Å². The Balaban J connectivity index is 1.43. The molecule has 1 aliphatic rings. The first kappa shape index (κ1) is 19.8. The van der Waals surface area contributed by atoms with Crippen molar-refractivity contribution in [3.8, 4) is 11.5 Å². The van der Waals surface area contributed by atoms with Crippen molar-refractivity contribution in [3.05, 3.63) is 71.4 Å². The van der Waals surface area contributed by atoms with Gasteiger partial charge in [-0.05, 0) is 49.2 Å². The zero-order valence-corrected chi connectivity index (χ0v) is 16.4.